The number of hydrogen-bond donors (Lipinski definition) is 0. The third-order valence-corrected chi connectivity index (χ3v) is 3.02. The van der Waals surface area contributed by atoms with Crippen molar-refractivity contribution in [1.29, 1.82) is 0 Å². The van der Waals surface area contributed by atoms with Crippen LogP contribution in [0, 0.1) is 0 Å². The lowest BCUT2D eigenvalue weighted by molar-refractivity contribution is 0.414. The van der Waals surface area contributed by atoms with Gasteiger partial charge in [0.2, 0.25) is 0 Å². The SMILES string of the molecule is COc1cc([B-](F)(F)F)c(C2CC2)cc1Cl. The molecular weight excluding hydrogens is 239 g/mol. The zero-order valence-corrected chi connectivity index (χ0v) is 9.40. The second kappa shape index (κ2) is 3.88. The molecule has 0 unspecified atom stereocenters. The highest BCUT2D eigenvalue weighted by Gasteiger charge is 2.35. The van der Waals surface area contributed by atoms with Gasteiger partial charge in [-0.3, -0.25) is 0 Å². The molecule has 1 aromatic carbocycles. The molecule has 0 atom stereocenters. The molecule has 1 saturated carbocycles. The average molecular weight is 249 g/mol. The van der Waals surface area contributed by atoms with Crippen LogP contribution in [0.3, 0.4) is 0 Å². The first kappa shape index (κ1) is 11.6. The minimum Gasteiger partial charge on any atom is -0.495 e. The number of rotatable bonds is 3. The fourth-order valence-electron chi connectivity index (χ4n) is 1.77. The molecule has 2 rings (SSSR count). The first-order chi connectivity index (χ1) is 7.43. The highest BCUT2D eigenvalue weighted by molar-refractivity contribution is 6.74. The lowest BCUT2D eigenvalue weighted by atomic mass is 9.75. The maximum atomic E-state index is 12.8. The molecule has 1 aromatic rings. The molecule has 0 saturated heterocycles. The largest absolute Gasteiger partial charge is 0.510 e. The average Bonchev–Trinajstić information content (AvgIpc) is 2.98. The molecular formula is C10H10BClF3O-. The normalized spacial score (nSPS) is 16.3. The van der Waals surface area contributed by atoms with Gasteiger partial charge in [-0.05, 0) is 30.9 Å². The smallest absolute Gasteiger partial charge is 0.495 e. The summed E-state index contributed by atoms with van der Waals surface area (Å²) in [4.78, 5) is 0. The molecule has 0 heterocycles. The lowest BCUT2D eigenvalue weighted by Crippen LogP contribution is -2.36. The summed E-state index contributed by atoms with van der Waals surface area (Å²) < 4.78 is 43.4. The zero-order valence-electron chi connectivity index (χ0n) is 8.64. The Morgan fingerprint density at radius 3 is 2.38 bits per heavy atom. The van der Waals surface area contributed by atoms with Crippen LogP contribution in [-0.2, 0) is 0 Å². The van der Waals surface area contributed by atoms with E-state index in [9.17, 15) is 12.9 Å². The van der Waals surface area contributed by atoms with Gasteiger partial charge in [-0.1, -0.05) is 17.2 Å². The monoisotopic (exact) mass is 249 g/mol. The van der Waals surface area contributed by atoms with Crippen molar-refractivity contribution in [3.8, 4) is 5.75 Å². The number of ether oxygens (including phenoxy) is 1. The van der Waals surface area contributed by atoms with Crippen LogP contribution in [0.5, 0.6) is 5.75 Å². The van der Waals surface area contributed by atoms with E-state index in [4.69, 9.17) is 16.3 Å². The number of methoxy groups -OCH3 is 1. The first-order valence-electron chi connectivity index (χ1n) is 5.00. The summed E-state index contributed by atoms with van der Waals surface area (Å²) in [6.45, 7) is -5.01. The predicted molar refractivity (Wildman–Crippen MR) is 58.7 cm³/mol. The van der Waals surface area contributed by atoms with Gasteiger partial charge in [-0.2, -0.15) is 0 Å². The summed E-state index contributed by atoms with van der Waals surface area (Å²) in [7, 11) is 1.31. The number of benzene rings is 1. The number of halogens is 4. The fraction of sp³-hybridized carbons (Fsp3) is 0.400. The van der Waals surface area contributed by atoms with Gasteiger partial charge < -0.3 is 17.7 Å². The van der Waals surface area contributed by atoms with Crippen molar-refractivity contribution in [3.63, 3.8) is 0 Å². The van der Waals surface area contributed by atoms with Crippen LogP contribution in [0.4, 0.5) is 12.9 Å². The van der Waals surface area contributed by atoms with Crippen LogP contribution in [0.15, 0.2) is 12.1 Å². The van der Waals surface area contributed by atoms with Crippen LogP contribution >= 0.6 is 11.6 Å². The molecule has 0 aromatic heterocycles. The highest BCUT2D eigenvalue weighted by Crippen LogP contribution is 2.42. The van der Waals surface area contributed by atoms with Crippen LogP contribution in [0.2, 0.25) is 5.02 Å². The Balaban J connectivity index is 2.54. The third kappa shape index (κ3) is 2.14. The summed E-state index contributed by atoms with van der Waals surface area (Å²) in [5.41, 5.74) is -0.248. The summed E-state index contributed by atoms with van der Waals surface area (Å²) in [6.07, 6.45) is 1.61. The van der Waals surface area contributed by atoms with E-state index in [0.717, 1.165) is 18.9 Å². The maximum absolute atomic E-state index is 12.8. The fourth-order valence-corrected chi connectivity index (χ4v) is 2.02. The molecule has 0 radical (unpaired) electrons. The van der Waals surface area contributed by atoms with Crippen molar-refractivity contribution in [3.05, 3.63) is 22.7 Å². The van der Waals surface area contributed by atoms with Gasteiger partial charge in [-0.15, -0.1) is 5.46 Å². The Morgan fingerprint density at radius 1 is 1.31 bits per heavy atom. The topological polar surface area (TPSA) is 9.23 Å². The van der Waals surface area contributed by atoms with E-state index in [1.165, 1.54) is 13.2 Å². The van der Waals surface area contributed by atoms with Crippen LogP contribution in [-0.4, -0.2) is 14.1 Å². The Bertz CT molecular complexity index is 415. The molecule has 6 heteroatoms. The Hall–Kier alpha value is -0.835. The standard InChI is InChI=1S/C10H10BClF3O/c1-16-10-5-8(11(13,14)15)7(4-9(10)12)6-2-3-6/h4-6H,2-3H2,1H3/q-1. The van der Waals surface area contributed by atoms with Gasteiger partial charge in [0.15, 0.2) is 0 Å². The van der Waals surface area contributed by atoms with Crippen molar-refractivity contribution in [2.45, 2.75) is 18.8 Å². The minimum absolute atomic E-state index is 0.0157. The van der Waals surface area contributed by atoms with Crippen molar-refractivity contribution in [2.75, 3.05) is 7.11 Å². The zero-order chi connectivity index (χ0) is 11.9. The second-order valence-corrected chi connectivity index (χ2v) is 4.37. The van der Waals surface area contributed by atoms with Gasteiger partial charge in [-0.25, -0.2) is 0 Å². The predicted octanol–water partition coefficient (Wildman–Crippen LogP) is 3.28. The Morgan fingerprint density at radius 2 is 1.94 bits per heavy atom. The minimum atomic E-state index is -5.01. The van der Waals surface area contributed by atoms with Gasteiger partial charge in [0.25, 0.3) is 0 Å². The molecule has 0 aliphatic heterocycles. The van der Waals surface area contributed by atoms with E-state index in [0.29, 0.717) is 5.56 Å². The van der Waals surface area contributed by atoms with E-state index in [1.54, 1.807) is 0 Å². The maximum Gasteiger partial charge on any atom is 0.510 e. The molecule has 16 heavy (non-hydrogen) atoms. The van der Waals surface area contributed by atoms with Gasteiger partial charge in [0.1, 0.15) is 5.75 Å². The first-order valence-corrected chi connectivity index (χ1v) is 5.38. The summed E-state index contributed by atoms with van der Waals surface area (Å²) in [5, 5.41) is 0.244. The van der Waals surface area contributed by atoms with Crippen LogP contribution < -0.4 is 10.2 Å². The van der Waals surface area contributed by atoms with E-state index >= 15 is 0 Å². The Kier molecular flexibility index (Phi) is 2.82. The second-order valence-electron chi connectivity index (χ2n) is 3.96. The lowest BCUT2D eigenvalue weighted by Gasteiger charge is -2.21. The molecule has 88 valence electrons. The molecule has 0 N–H and O–H groups in total. The molecule has 1 aliphatic carbocycles. The van der Waals surface area contributed by atoms with E-state index in [2.05, 4.69) is 0 Å². The van der Waals surface area contributed by atoms with Crippen LogP contribution in [0.25, 0.3) is 0 Å². The number of hydrogen-bond acceptors (Lipinski definition) is 1. The van der Waals surface area contributed by atoms with Crippen molar-refractivity contribution < 1.29 is 17.7 Å². The van der Waals surface area contributed by atoms with E-state index in [1.807, 2.05) is 0 Å². The van der Waals surface area contributed by atoms with Gasteiger partial charge in [0, 0.05) is 0 Å². The Labute approximate surface area is 96.6 Å². The summed E-state index contributed by atoms with van der Waals surface area (Å²) in [5.74, 6) is 0.0992. The molecule has 1 aliphatic rings. The van der Waals surface area contributed by atoms with Gasteiger partial charge >= 0.3 is 6.98 Å². The van der Waals surface area contributed by atoms with E-state index in [-0.39, 0.29) is 16.7 Å². The third-order valence-electron chi connectivity index (χ3n) is 2.73. The van der Waals surface area contributed by atoms with Crippen molar-refractivity contribution in [2.24, 2.45) is 0 Å². The summed E-state index contributed by atoms with van der Waals surface area (Å²) in [6, 6.07) is 2.40. The molecule has 1 nitrogen and oxygen atoms in total. The van der Waals surface area contributed by atoms with Crippen molar-refractivity contribution in [1.82, 2.24) is 0 Å². The van der Waals surface area contributed by atoms with E-state index < -0.39 is 12.4 Å². The quantitative estimate of drug-likeness (QED) is 0.747. The molecule has 0 spiro atoms. The van der Waals surface area contributed by atoms with Gasteiger partial charge in [0.05, 0.1) is 12.1 Å². The molecule has 1 fully saturated rings. The molecule has 0 bridgehead atoms. The van der Waals surface area contributed by atoms with Crippen LogP contribution in [0.1, 0.15) is 24.3 Å². The summed E-state index contributed by atoms with van der Waals surface area (Å²) >= 11 is 5.84. The van der Waals surface area contributed by atoms with Crippen molar-refractivity contribution >= 4 is 24.0 Å². The molecule has 0 amide bonds. The highest BCUT2D eigenvalue weighted by atomic mass is 35.5.